The van der Waals surface area contributed by atoms with Crippen LogP contribution in [0.3, 0.4) is 0 Å². The Morgan fingerprint density at radius 1 is 1.17 bits per heavy atom. The van der Waals surface area contributed by atoms with E-state index in [4.69, 9.17) is 4.74 Å². The van der Waals surface area contributed by atoms with Gasteiger partial charge in [-0.05, 0) is 36.4 Å². The molecular weight excluding hydrogens is 442 g/mol. The first-order chi connectivity index (χ1) is 14.0. The molecule has 1 saturated heterocycles. The van der Waals surface area contributed by atoms with Gasteiger partial charge in [0.1, 0.15) is 12.3 Å². The molecule has 0 saturated carbocycles. The largest absolute Gasteiger partial charge is 0.497 e. The summed E-state index contributed by atoms with van der Waals surface area (Å²) in [5.41, 5.74) is 1.00. The molecule has 0 spiro atoms. The van der Waals surface area contributed by atoms with Crippen molar-refractivity contribution in [3.63, 3.8) is 0 Å². The van der Waals surface area contributed by atoms with Crippen molar-refractivity contribution in [2.24, 2.45) is 10.3 Å². The van der Waals surface area contributed by atoms with Gasteiger partial charge in [0, 0.05) is 16.2 Å². The third-order valence-electron chi connectivity index (χ3n) is 4.60. The Kier molecular flexibility index (Phi) is 5.01. The lowest BCUT2D eigenvalue weighted by Crippen LogP contribution is -2.43. The van der Waals surface area contributed by atoms with Gasteiger partial charge in [-0.25, -0.2) is 4.90 Å². The predicted octanol–water partition coefficient (Wildman–Crippen LogP) is 2.39. The van der Waals surface area contributed by atoms with Crippen LogP contribution in [0.1, 0.15) is 0 Å². The molecule has 2 aliphatic rings. The van der Waals surface area contributed by atoms with Crippen LogP contribution in [0, 0.1) is 0 Å². The first-order valence-corrected chi connectivity index (χ1v) is 9.52. The Balaban J connectivity index is 1.47. The minimum atomic E-state index is -0.948. The van der Waals surface area contributed by atoms with Crippen LogP contribution in [0.2, 0.25) is 0 Å². The highest BCUT2D eigenvalue weighted by Crippen LogP contribution is 2.32. The summed E-state index contributed by atoms with van der Waals surface area (Å²) in [4.78, 5) is 39.1. The number of nitrogens with zero attached hydrogens (tertiary/aromatic N) is 4. The van der Waals surface area contributed by atoms with Crippen LogP contribution >= 0.6 is 15.9 Å². The number of ether oxygens (including phenoxy) is 1. The molecule has 2 aromatic carbocycles. The average molecular weight is 458 g/mol. The fourth-order valence-corrected chi connectivity index (χ4v) is 3.51. The minimum Gasteiger partial charge on any atom is -0.497 e. The van der Waals surface area contributed by atoms with Gasteiger partial charge in [-0.3, -0.25) is 19.4 Å². The fourth-order valence-electron chi connectivity index (χ4n) is 3.25. The van der Waals surface area contributed by atoms with E-state index in [2.05, 4.69) is 31.6 Å². The van der Waals surface area contributed by atoms with E-state index in [1.54, 1.807) is 48.5 Å². The second kappa shape index (κ2) is 7.63. The quantitative estimate of drug-likeness (QED) is 0.694. The van der Waals surface area contributed by atoms with Crippen molar-refractivity contribution < 1.29 is 19.1 Å². The highest BCUT2D eigenvalue weighted by Gasteiger charge is 2.55. The van der Waals surface area contributed by atoms with Crippen LogP contribution in [0.4, 0.5) is 11.4 Å². The zero-order chi connectivity index (χ0) is 20.5. The minimum absolute atomic E-state index is 0.213. The van der Waals surface area contributed by atoms with E-state index < -0.39 is 23.9 Å². The fraction of sp³-hybridized carbons (Fsp3) is 0.211. The molecule has 4 rings (SSSR count). The van der Waals surface area contributed by atoms with Crippen molar-refractivity contribution in [1.82, 2.24) is 5.01 Å². The molecule has 0 unspecified atom stereocenters. The zero-order valence-electron chi connectivity index (χ0n) is 15.3. The van der Waals surface area contributed by atoms with Crippen LogP contribution < -0.4 is 15.0 Å². The van der Waals surface area contributed by atoms with E-state index in [1.807, 2.05) is 0 Å². The standard InChI is InChI=1S/C19H16BrN5O4/c1-29-14-4-2-3-12(9-14)21-15(26)10-24-17-16(22-23-24)18(27)25(19(17)28)13-7-5-11(20)6-8-13/h2-9,16-17H,10H2,1H3,(H,21,26)/t16-,17+/m1/s1. The highest BCUT2D eigenvalue weighted by molar-refractivity contribution is 9.10. The van der Waals surface area contributed by atoms with Gasteiger partial charge in [0.15, 0.2) is 12.1 Å². The number of benzene rings is 2. The van der Waals surface area contributed by atoms with Crippen LogP contribution in [0.25, 0.3) is 0 Å². The van der Waals surface area contributed by atoms with Gasteiger partial charge in [-0.15, -0.1) is 0 Å². The average Bonchev–Trinajstić information content (AvgIpc) is 3.23. The van der Waals surface area contributed by atoms with Crippen molar-refractivity contribution in [2.45, 2.75) is 12.1 Å². The maximum absolute atomic E-state index is 12.9. The van der Waals surface area contributed by atoms with Crippen LogP contribution in [0.15, 0.2) is 63.3 Å². The number of halogens is 1. The smallest absolute Gasteiger partial charge is 0.263 e. The molecule has 1 fully saturated rings. The van der Waals surface area contributed by atoms with Gasteiger partial charge in [-0.2, -0.15) is 5.11 Å². The second-order valence-corrected chi connectivity index (χ2v) is 7.38. The molecule has 9 nitrogen and oxygen atoms in total. The van der Waals surface area contributed by atoms with Crippen molar-refractivity contribution in [3.05, 3.63) is 53.0 Å². The Bertz CT molecular complexity index is 1010. The van der Waals surface area contributed by atoms with Gasteiger partial charge < -0.3 is 10.1 Å². The molecular formula is C19H16BrN5O4. The summed E-state index contributed by atoms with van der Waals surface area (Å²) in [6, 6.07) is 11.8. The normalized spacial score (nSPS) is 20.2. The molecule has 0 radical (unpaired) electrons. The number of fused-ring (bicyclic) bond motifs is 1. The summed E-state index contributed by atoms with van der Waals surface area (Å²) in [6.45, 7) is -0.213. The molecule has 0 aliphatic carbocycles. The molecule has 2 heterocycles. The number of imide groups is 1. The van der Waals surface area contributed by atoms with Crippen molar-refractivity contribution in [3.8, 4) is 5.75 Å². The number of hydrogen-bond donors (Lipinski definition) is 1. The van der Waals surface area contributed by atoms with Crippen molar-refractivity contribution in [2.75, 3.05) is 23.9 Å². The highest BCUT2D eigenvalue weighted by atomic mass is 79.9. The topological polar surface area (TPSA) is 104 Å². The molecule has 0 aromatic heterocycles. The van der Waals surface area contributed by atoms with Gasteiger partial charge in [0.2, 0.25) is 5.91 Å². The molecule has 2 atom stereocenters. The van der Waals surface area contributed by atoms with Gasteiger partial charge in [0.25, 0.3) is 11.8 Å². The van der Waals surface area contributed by atoms with E-state index >= 15 is 0 Å². The third-order valence-corrected chi connectivity index (χ3v) is 5.13. The zero-order valence-corrected chi connectivity index (χ0v) is 16.9. The Labute approximate surface area is 174 Å². The Hall–Kier alpha value is -3.27. The molecule has 2 aromatic rings. The number of methoxy groups -OCH3 is 1. The number of hydrogen-bond acceptors (Lipinski definition) is 7. The Morgan fingerprint density at radius 3 is 2.66 bits per heavy atom. The summed E-state index contributed by atoms with van der Waals surface area (Å²) >= 11 is 3.32. The number of anilines is 2. The van der Waals surface area contributed by atoms with E-state index in [0.717, 1.165) is 9.37 Å². The summed E-state index contributed by atoms with van der Waals surface area (Å²) in [6.07, 6.45) is 0. The Morgan fingerprint density at radius 2 is 1.93 bits per heavy atom. The van der Waals surface area contributed by atoms with Crippen LogP contribution in [-0.2, 0) is 14.4 Å². The first-order valence-electron chi connectivity index (χ1n) is 8.72. The molecule has 148 valence electrons. The maximum Gasteiger partial charge on any atom is 0.263 e. The SMILES string of the molecule is COc1cccc(NC(=O)CN2N=N[C@H]3C(=O)N(c4ccc(Br)cc4)C(=O)[C@H]32)c1. The van der Waals surface area contributed by atoms with E-state index in [-0.39, 0.29) is 12.5 Å². The lowest BCUT2D eigenvalue weighted by Gasteiger charge is -2.20. The van der Waals surface area contributed by atoms with Crippen molar-refractivity contribution >= 4 is 45.0 Å². The van der Waals surface area contributed by atoms with Gasteiger partial charge in [-0.1, -0.05) is 27.2 Å². The molecule has 29 heavy (non-hydrogen) atoms. The lowest BCUT2D eigenvalue weighted by atomic mass is 10.1. The van der Waals surface area contributed by atoms with E-state index in [1.165, 1.54) is 12.1 Å². The van der Waals surface area contributed by atoms with Crippen LogP contribution in [0.5, 0.6) is 5.75 Å². The lowest BCUT2D eigenvalue weighted by molar-refractivity contribution is -0.123. The van der Waals surface area contributed by atoms with Gasteiger partial charge >= 0.3 is 0 Å². The maximum atomic E-state index is 12.9. The van der Waals surface area contributed by atoms with Gasteiger partial charge in [0.05, 0.1) is 12.8 Å². The predicted molar refractivity (Wildman–Crippen MR) is 107 cm³/mol. The second-order valence-electron chi connectivity index (χ2n) is 6.46. The van der Waals surface area contributed by atoms with Crippen molar-refractivity contribution in [1.29, 1.82) is 0 Å². The summed E-state index contributed by atoms with van der Waals surface area (Å²) < 4.78 is 5.96. The molecule has 3 amide bonds. The number of amides is 3. The first kappa shape index (κ1) is 19.1. The molecule has 1 N–H and O–H groups in total. The number of carbonyl (C=O) groups is 3. The van der Waals surface area contributed by atoms with E-state index in [0.29, 0.717) is 17.1 Å². The van der Waals surface area contributed by atoms with E-state index in [9.17, 15) is 14.4 Å². The summed E-state index contributed by atoms with van der Waals surface area (Å²) in [5, 5.41) is 11.8. The number of nitrogens with one attached hydrogen (secondary N) is 1. The monoisotopic (exact) mass is 457 g/mol. The molecule has 0 bridgehead atoms. The summed E-state index contributed by atoms with van der Waals surface area (Å²) in [5.74, 6) is -0.700. The molecule has 2 aliphatic heterocycles. The third kappa shape index (κ3) is 3.58. The number of rotatable bonds is 5. The molecule has 10 heteroatoms. The number of carbonyl (C=O) groups excluding carboxylic acids is 3. The van der Waals surface area contributed by atoms with Crippen LogP contribution in [-0.4, -0.2) is 48.5 Å². The summed E-state index contributed by atoms with van der Waals surface area (Å²) in [7, 11) is 1.53.